The van der Waals surface area contributed by atoms with Crippen molar-refractivity contribution in [3.05, 3.63) is 58.7 Å². The quantitative estimate of drug-likeness (QED) is 0.196. The van der Waals surface area contributed by atoms with E-state index >= 15 is 0 Å². The topological polar surface area (TPSA) is 94.5 Å². The molecule has 8 nitrogen and oxygen atoms in total. The molecule has 1 N–H and O–H groups in total. The molecular weight excluding hydrogens is 486 g/mol. The van der Waals surface area contributed by atoms with Gasteiger partial charge in [0.15, 0.2) is 11.5 Å². The van der Waals surface area contributed by atoms with E-state index in [1.54, 1.807) is 24.3 Å². The molecule has 1 heterocycles. The SMILES string of the molecule is COc1ccc(C2/C(=C(\O)c3cc(C(C)(C)C)ccc3OC)C(=O)C(=O)N2CCCOC(C)C)cc1OC. The zero-order chi connectivity index (χ0) is 28.2. The number of nitrogens with zero attached hydrogens (tertiary/aromatic N) is 1. The van der Waals surface area contributed by atoms with Gasteiger partial charge >= 0.3 is 0 Å². The van der Waals surface area contributed by atoms with Gasteiger partial charge in [-0.25, -0.2) is 0 Å². The van der Waals surface area contributed by atoms with Crippen molar-refractivity contribution >= 4 is 17.4 Å². The summed E-state index contributed by atoms with van der Waals surface area (Å²) in [4.78, 5) is 28.3. The standard InChI is InChI=1S/C30H39NO7/c1-18(2)38-15-9-14-31-26(19-10-12-23(36-7)24(16-19)37-8)25(28(33)29(31)34)27(32)21-17-20(30(3,4)5)11-13-22(21)35-6/h10-13,16-18,26,32H,9,14-15H2,1-8H3/b27-25+. The van der Waals surface area contributed by atoms with E-state index in [1.165, 1.54) is 26.2 Å². The number of methoxy groups -OCH3 is 3. The molecule has 0 saturated carbocycles. The van der Waals surface area contributed by atoms with E-state index in [0.717, 1.165) is 5.56 Å². The Morgan fingerprint density at radius 3 is 2.16 bits per heavy atom. The molecule has 1 unspecified atom stereocenters. The van der Waals surface area contributed by atoms with Crippen molar-refractivity contribution in [3.8, 4) is 17.2 Å². The normalized spacial score (nSPS) is 17.3. The Balaban J connectivity index is 2.21. The highest BCUT2D eigenvalue weighted by atomic mass is 16.5. The summed E-state index contributed by atoms with van der Waals surface area (Å²) in [5.41, 5.74) is 1.69. The fourth-order valence-corrected chi connectivity index (χ4v) is 4.54. The molecule has 2 aromatic carbocycles. The summed E-state index contributed by atoms with van der Waals surface area (Å²) in [6.45, 7) is 10.7. The van der Waals surface area contributed by atoms with Crippen molar-refractivity contribution < 1.29 is 33.6 Å². The third kappa shape index (κ3) is 5.96. The number of amides is 1. The van der Waals surface area contributed by atoms with E-state index < -0.39 is 17.7 Å². The van der Waals surface area contributed by atoms with Crippen LogP contribution in [0.25, 0.3) is 5.76 Å². The van der Waals surface area contributed by atoms with E-state index in [2.05, 4.69) is 20.8 Å². The lowest BCUT2D eigenvalue weighted by molar-refractivity contribution is -0.140. The molecular formula is C30H39NO7. The summed E-state index contributed by atoms with van der Waals surface area (Å²) in [5.74, 6) is -0.355. The molecule has 1 aliphatic rings. The van der Waals surface area contributed by atoms with Gasteiger partial charge in [0.1, 0.15) is 11.5 Å². The summed E-state index contributed by atoms with van der Waals surface area (Å²) >= 11 is 0. The van der Waals surface area contributed by atoms with E-state index in [0.29, 0.717) is 41.4 Å². The number of likely N-dealkylation sites (tertiary alicyclic amines) is 1. The van der Waals surface area contributed by atoms with Gasteiger partial charge in [-0.2, -0.15) is 0 Å². The predicted octanol–water partition coefficient (Wildman–Crippen LogP) is 5.25. The number of aliphatic hydroxyl groups is 1. The van der Waals surface area contributed by atoms with Crippen LogP contribution in [0.5, 0.6) is 17.2 Å². The summed E-state index contributed by atoms with van der Waals surface area (Å²) in [7, 11) is 4.56. The Labute approximate surface area is 225 Å². The zero-order valence-electron chi connectivity index (χ0n) is 23.6. The van der Waals surface area contributed by atoms with E-state index in [-0.39, 0.29) is 29.4 Å². The highest BCUT2D eigenvalue weighted by molar-refractivity contribution is 6.46. The van der Waals surface area contributed by atoms with Crippen molar-refractivity contribution in [1.82, 2.24) is 4.90 Å². The van der Waals surface area contributed by atoms with Crippen LogP contribution in [0.4, 0.5) is 0 Å². The molecule has 3 rings (SSSR count). The lowest BCUT2D eigenvalue weighted by atomic mass is 9.85. The number of ketones is 1. The van der Waals surface area contributed by atoms with Crippen LogP contribution in [-0.4, -0.2) is 62.3 Å². The Morgan fingerprint density at radius 1 is 0.947 bits per heavy atom. The first kappa shape index (κ1) is 29.0. The molecule has 1 fully saturated rings. The summed E-state index contributed by atoms with van der Waals surface area (Å²) < 4.78 is 22.1. The average molecular weight is 526 g/mol. The van der Waals surface area contributed by atoms with Gasteiger partial charge in [0.05, 0.1) is 44.6 Å². The highest BCUT2D eigenvalue weighted by Crippen LogP contribution is 2.43. The molecule has 8 heteroatoms. The number of carbonyl (C=O) groups is 2. The third-order valence-corrected chi connectivity index (χ3v) is 6.58. The number of hydrogen-bond acceptors (Lipinski definition) is 7. The third-order valence-electron chi connectivity index (χ3n) is 6.58. The van der Waals surface area contributed by atoms with Gasteiger partial charge in [0.25, 0.3) is 11.7 Å². The lowest BCUT2D eigenvalue weighted by Gasteiger charge is -2.26. The Hall–Kier alpha value is -3.52. The largest absolute Gasteiger partial charge is 0.507 e. The second kappa shape index (κ2) is 11.9. The van der Waals surface area contributed by atoms with Crippen molar-refractivity contribution in [2.24, 2.45) is 0 Å². The summed E-state index contributed by atoms with van der Waals surface area (Å²) in [6, 6.07) is 9.88. The van der Waals surface area contributed by atoms with Crippen LogP contribution in [0.15, 0.2) is 42.0 Å². The van der Waals surface area contributed by atoms with Gasteiger partial charge in [-0.05, 0) is 61.1 Å². The molecule has 1 aliphatic heterocycles. The Kier molecular flexibility index (Phi) is 9.09. The number of rotatable bonds is 10. The maximum Gasteiger partial charge on any atom is 0.295 e. The van der Waals surface area contributed by atoms with Crippen LogP contribution in [0.1, 0.15) is 63.8 Å². The predicted molar refractivity (Wildman–Crippen MR) is 146 cm³/mol. The number of Topliss-reactive ketones (excluding diaryl/α,β-unsaturated/α-hetero) is 1. The highest BCUT2D eigenvalue weighted by Gasteiger charge is 2.46. The number of hydrogen-bond donors (Lipinski definition) is 1. The van der Waals surface area contributed by atoms with Crippen molar-refractivity contribution in [2.75, 3.05) is 34.5 Å². The number of aliphatic hydroxyl groups excluding tert-OH is 1. The average Bonchev–Trinajstić information content (AvgIpc) is 3.14. The monoisotopic (exact) mass is 525 g/mol. The first-order valence-electron chi connectivity index (χ1n) is 12.7. The van der Waals surface area contributed by atoms with Crippen molar-refractivity contribution in [2.45, 2.75) is 58.6 Å². The first-order chi connectivity index (χ1) is 17.9. The van der Waals surface area contributed by atoms with Crippen molar-refractivity contribution in [1.29, 1.82) is 0 Å². The van der Waals surface area contributed by atoms with Gasteiger partial charge in [0.2, 0.25) is 0 Å². The maximum atomic E-state index is 13.5. The second-order valence-electron chi connectivity index (χ2n) is 10.5. The maximum absolute atomic E-state index is 13.5. The molecule has 38 heavy (non-hydrogen) atoms. The van der Waals surface area contributed by atoms with E-state index in [1.807, 2.05) is 26.0 Å². The van der Waals surface area contributed by atoms with Gasteiger partial charge in [-0.3, -0.25) is 9.59 Å². The smallest absolute Gasteiger partial charge is 0.295 e. The molecule has 206 valence electrons. The second-order valence-corrected chi connectivity index (χ2v) is 10.5. The molecule has 0 bridgehead atoms. The molecule has 0 radical (unpaired) electrons. The minimum atomic E-state index is -0.836. The van der Waals surface area contributed by atoms with Crippen LogP contribution >= 0.6 is 0 Å². The van der Waals surface area contributed by atoms with Gasteiger partial charge in [0, 0.05) is 13.2 Å². The van der Waals surface area contributed by atoms with Gasteiger partial charge < -0.3 is 29.0 Å². The number of ether oxygens (including phenoxy) is 4. The molecule has 1 amide bonds. The summed E-state index contributed by atoms with van der Waals surface area (Å²) in [6.07, 6.45) is 0.576. The van der Waals surface area contributed by atoms with Crippen LogP contribution in [0.2, 0.25) is 0 Å². The molecule has 1 atom stereocenters. The minimum absolute atomic E-state index is 0.00337. The van der Waals surface area contributed by atoms with Gasteiger partial charge in [-0.1, -0.05) is 32.9 Å². The summed E-state index contributed by atoms with van der Waals surface area (Å²) in [5, 5.41) is 11.7. The zero-order valence-corrected chi connectivity index (χ0v) is 23.6. The fourth-order valence-electron chi connectivity index (χ4n) is 4.54. The first-order valence-corrected chi connectivity index (χ1v) is 12.7. The Morgan fingerprint density at radius 2 is 1.58 bits per heavy atom. The minimum Gasteiger partial charge on any atom is -0.507 e. The van der Waals surface area contributed by atoms with Crippen LogP contribution < -0.4 is 14.2 Å². The van der Waals surface area contributed by atoms with Crippen molar-refractivity contribution in [3.63, 3.8) is 0 Å². The number of carbonyl (C=O) groups excluding carboxylic acids is 2. The van der Waals surface area contributed by atoms with Crippen LogP contribution in [-0.2, 0) is 19.7 Å². The molecule has 0 aromatic heterocycles. The fraction of sp³-hybridized carbons (Fsp3) is 0.467. The lowest BCUT2D eigenvalue weighted by Crippen LogP contribution is -2.31. The number of benzene rings is 2. The van der Waals surface area contributed by atoms with Crippen LogP contribution in [0, 0.1) is 0 Å². The van der Waals surface area contributed by atoms with Gasteiger partial charge in [-0.15, -0.1) is 0 Å². The molecule has 2 aromatic rings. The molecule has 0 aliphatic carbocycles. The van der Waals surface area contributed by atoms with E-state index in [4.69, 9.17) is 18.9 Å². The molecule has 0 spiro atoms. The van der Waals surface area contributed by atoms with Crippen LogP contribution in [0.3, 0.4) is 0 Å². The van der Waals surface area contributed by atoms with E-state index in [9.17, 15) is 14.7 Å². The Bertz CT molecular complexity index is 1210. The molecule has 1 saturated heterocycles.